The molecule has 0 radical (unpaired) electrons. The van der Waals surface area contributed by atoms with E-state index in [9.17, 15) is 4.79 Å². The van der Waals surface area contributed by atoms with E-state index in [-0.39, 0.29) is 12.0 Å². The van der Waals surface area contributed by atoms with Crippen LogP contribution in [0.3, 0.4) is 0 Å². The lowest BCUT2D eigenvalue weighted by Crippen LogP contribution is -2.25. The monoisotopic (exact) mass is 238 g/mol. The van der Waals surface area contributed by atoms with E-state index in [2.05, 4.69) is 10.5 Å². The quantitative estimate of drug-likeness (QED) is 0.735. The predicted molar refractivity (Wildman–Crippen MR) is 61.7 cm³/mol. The zero-order valence-electron chi connectivity index (χ0n) is 9.98. The van der Waals surface area contributed by atoms with Crippen molar-refractivity contribution in [3.8, 4) is 0 Å². The molecule has 0 spiro atoms. The molecule has 1 aliphatic carbocycles. The second-order valence-electron chi connectivity index (χ2n) is 4.64. The molecule has 1 atom stereocenters. The van der Waals surface area contributed by atoms with Crippen LogP contribution in [0.2, 0.25) is 0 Å². The number of amides is 1. The lowest BCUT2D eigenvalue weighted by molar-refractivity contribution is 0.0940. The van der Waals surface area contributed by atoms with Gasteiger partial charge in [0.1, 0.15) is 5.76 Å². The fourth-order valence-electron chi connectivity index (χ4n) is 1.65. The minimum atomic E-state index is -0.319. The average molecular weight is 238 g/mol. The van der Waals surface area contributed by atoms with Crippen molar-refractivity contribution in [2.75, 3.05) is 6.54 Å². The number of aliphatic hydroxyl groups is 1. The van der Waals surface area contributed by atoms with Crippen LogP contribution in [0.25, 0.3) is 0 Å². The summed E-state index contributed by atoms with van der Waals surface area (Å²) in [5.41, 5.74) is 0.351. The van der Waals surface area contributed by atoms with Gasteiger partial charge in [-0.25, -0.2) is 0 Å². The molecule has 0 bridgehead atoms. The van der Waals surface area contributed by atoms with Crippen LogP contribution < -0.4 is 5.32 Å². The molecule has 5 heteroatoms. The molecular weight excluding hydrogens is 220 g/mol. The molecule has 1 fully saturated rings. The van der Waals surface area contributed by atoms with Crippen molar-refractivity contribution in [2.45, 2.75) is 44.6 Å². The third kappa shape index (κ3) is 3.56. The van der Waals surface area contributed by atoms with E-state index in [1.165, 1.54) is 0 Å². The van der Waals surface area contributed by atoms with Crippen molar-refractivity contribution < 1.29 is 14.4 Å². The molecule has 0 aliphatic heterocycles. The van der Waals surface area contributed by atoms with Gasteiger partial charge in [0.05, 0.1) is 6.10 Å². The van der Waals surface area contributed by atoms with Crippen LogP contribution in [-0.4, -0.2) is 28.8 Å². The number of carbonyl (C=O) groups is 1. The lowest BCUT2D eigenvalue weighted by Gasteiger charge is -2.04. The summed E-state index contributed by atoms with van der Waals surface area (Å²) in [5.74, 6) is 1.09. The van der Waals surface area contributed by atoms with Crippen molar-refractivity contribution >= 4 is 5.91 Å². The molecule has 1 aliphatic rings. The molecule has 17 heavy (non-hydrogen) atoms. The number of aromatic nitrogens is 1. The minimum Gasteiger partial charge on any atom is -0.393 e. The number of carbonyl (C=O) groups excluding carboxylic acids is 1. The highest BCUT2D eigenvalue weighted by Gasteiger charge is 2.28. The summed E-state index contributed by atoms with van der Waals surface area (Å²) in [4.78, 5) is 11.6. The Morgan fingerprint density at radius 2 is 2.47 bits per heavy atom. The molecular formula is C12H18N2O3. The Morgan fingerprint density at radius 1 is 1.71 bits per heavy atom. The standard InChI is InChI=1S/C12H18N2O3/c1-8(15)3-2-6-13-12(16)10-7-11(17-14-10)9-4-5-9/h7-9,15H,2-6H2,1H3,(H,13,16). The normalized spacial score (nSPS) is 16.8. The molecule has 5 nitrogen and oxygen atoms in total. The minimum absolute atomic E-state index is 0.203. The Kier molecular flexibility index (Phi) is 3.78. The maximum atomic E-state index is 11.6. The van der Waals surface area contributed by atoms with Crippen molar-refractivity contribution in [1.82, 2.24) is 10.5 Å². The second kappa shape index (κ2) is 5.31. The first-order valence-electron chi connectivity index (χ1n) is 6.09. The number of rotatable bonds is 6. The summed E-state index contributed by atoms with van der Waals surface area (Å²) in [7, 11) is 0. The van der Waals surface area contributed by atoms with Crippen LogP contribution in [0, 0.1) is 0 Å². The van der Waals surface area contributed by atoms with E-state index in [4.69, 9.17) is 9.63 Å². The van der Waals surface area contributed by atoms with Gasteiger partial charge in [-0.2, -0.15) is 0 Å². The fourth-order valence-corrected chi connectivity index (χ4v) is 1.65. The van der Waals surface area contributed by atoms with E-state index in [1.54, 1.807) is 13.0 Å². The first-order chi connectivity index (χ1) is 8.16. The summed E-state index contributed by atoms with van der Waals surface area (Å²) >= 11 is 0. The highest BCUT2D eigenvalue weighted by atomic mass is 16.5. The fraction of sp³-hybridized carbons (Fsp3) is 0.667. The largest absolute Gasteiger partial charge is 0.393 e. The number of nitrogens with zero attached hydrogens (tertiary/aromatic N) is 1. The van der Waals surface area contributed by atoms with E-state index < -0.39 is 0 Å². The molecule has 94 valence electrons. The Bertz CT molecular complexity index is 383. The first kappa shape index (κ1) is 12.1. The molecule has 0 saturated heterocycles. The highest BCUT2D eigenvalue weighted by molar-refractivity contribution is 5.92. The lowest BCUT2D eigenvalue weighted by atomic mass is 10.2. The number of hydrogen-bond donors (Lipinski definition) is 2. The van der Waals surface area contributed by atoms with Gasteiger partial charge in [-0.15, -0.1) is 0 Å². The second-order valence-corrected chi connectivity index (χ2v) is 4.64. The van der Waals surface area contributed by atoms with Gasteiger partial charge in [-0.3, -0.25) is 4.79 Å². The van der Waals surface area contributed by atoms with Gasteiger partial charge in [-0.05, 0) is 32.6 Å². The maximum Gasteiger partial charge on any atom is 0.273 e. The number of aliphatic hydroxyl groups excluding tert-OH is 1. The summed E-state index contributed by atoms with van der Waals surface area (Å²) in [6.07, 6.45) is 3.39. The topological polar surface area (TPSA) is 75.4 Å². The average Bonchev–Trinajstić information content (AvgIpc) is 3.02. The Hall–Kier alpha value is -1.36. The van der Waals surface area contributed by atoms with Gasteiger partial charge in [0.2, 0.25) is 0 Å². The number of hydrogen-bond acceptors (Lipinski definition) is 4. The van der Waals surface area contributed by atoms with Crippen LogP contribution in [0.5, 0.6) is 0 Å². The van der Waals surface area contributed by atoms with E-state index in [0.717, 1.165) is 25.0 Å². The van der Waals surface area contributed by atoms with Crippen LogP contribution in [0.4, 0.5) is 0 Å². The molecule has 1 amide bonds. The first-order valence-corrected chi connectivity index (χ1v) is 6.09. The molecule has 1 aromatic heterocycles. The SMILES string of the molecule is CC(O)CCCNC(=O)c1cc(C2CC2)on1. The molecule has 2 N–H and O–H groups in total. The van der Waals surface area contributed by atoms with Crippen molar-refractivity contribution in [1.29, 1.82) is 0 Å². The summed E-state index contributed by atoms with van der Waals surface area (Å²) in [5, 5.41) is 15.6. The molecule has 1 unspecified atom stereocenters. The molecule has 0 aromatic carbocycles. The Balaban J connectivity index is 1.74. The third-order valence-corrected chi connectivity index (χ3v) is 2.82. The summed E-state index contributed by atoms with van der Waals surface area (Å²) < 4.78 is 5.10. The van der Waals surface area contributed by atoms with Crippen molar-refractivity contribution in [3.63, 3.8) is 0 Å². The van der Waals surface area contributed by atoms with E-state index in [0.29, 0.717) is 24.6 Å². The molecule has 2 rings (SSSR count). The Labute approximate surface area is 100 Å². The zero-order chi connectivity index (χ0) is 12.3. The van der Waals surface area contributed by atoms with Crippen molar-refractivity contribution in [3.05, 3.63) is 17.5 Å². The van der Waals surface area contributed by atoms with Crippen LogP contribution in [-0.2, 0) is 0 Å². The summed E-state index contributed by atoms with van der Waals surface area (Å²) in [6, 6.07) is 1.72. The van der Waals surface area contributed by atoms with Crippen molar-refractivity contribution in [2.24, 2.45) is 0 Å². The number of nitrogens with one attached hydrogen (secondary N) is 1. The van der Waals surface area contributed by atoms with Gasteiger partial charge < -0.3 is 14.9 Å². The van der Waals surface area contributed by atoms with Crippen LogP contribution in [0.15, 0.2) is 10.6 Å². The van der Waals surface area contributed by atoms with Gasteiger partial charge in [0.25, 0.3) is 5.91 Å². The predicted octanol–water partition coefficient (Wildman–Crippen LogP) is 1.44. The van der Waals surface area contributed by atoms with Gasteiger partial charge in [0, 0.05) is 18.5 Å². The van der Waals surface area contributed by atoms with Gasteiger partial charge in [0.15, 0.2) is 5.69 Å². The van der Waals surface area contributed by atoms with Crippen LogP contribution in [0.1, 0.15) is 54.8 Å². The van der Waals surface area contributed by atoms with E-state index in [1.807, 2.05) is 0 Å². The smallest absolute Gasteiger partial charge is 0.273 e. The molecule has 1 aromatic rings. The van der Waals surface area contributed by atoms with Gasteiger partial charge >= 0.3 is 0 Å². The van der Waals surface area contributed by atoms with Gasteiger partial charge in [-0.1, -0.05) is 5.16 Å². The third-order valence-electron chi connectivity index (χ3n) is 2.82. The zero-order valence-corrected chi connectivity index (χ0v) is 9.98. The van der Waals surface area contributed by atoms with E-state index >= 15 is 0 Å². The van der Waals surface area contributed by atoms with Crippen LogP contribution >= 0.6 is 0 Å². The Morgan fingerprint density at radius 3 is 3.12 bits per heavy atom. The highest BCUT2D eigenvalue weighted by Crippen LogP contribution is 2.40. The molecule has 1 saturated carbocycles. The maximum absolute atomic E-state index is 11.6. The molecule has 1 heterocycles. The summed E-state index contributed by atoms with van der Waals surface area (Å²) in [6.45, 7) is 2.29.